The Bertz CT molecular complexity index is 326. The fourth-order valence-electron chi connectivity index (χ4n) is 0.895. The number of hydrogen-bond donors (Lipinski definition) is 1. The number of nitrogens with two attached hydrogens (primary N) is 1. The maximum Gasteiger partial charge on any atom is 0.140 e. The molecular weight excluding hydrogens is 221 g/mol. The molecule has 4 heteroatoms. The van der Waals surface area contributed by atoms with Crippen LogP contribution in [-0.4, -0.2) is 12.1 Å². The second-order valence-corrected chi connectivity index (χ2v) is 4.48. The van der Waals surface area contributed by atoms with Gasteiger partial charge >= 0.3 is 0 Å². The van der Waals surface area contributed by atoms with E-state index < -0.39 is 5.60 Å². The molecule has 0 saturated heterocycles. The summed E-state index contributed by atoms with van der Waals surface area (Å²) in [7, 11) is 0. The molecule has 0 atom stereocenters. The van der Waals surface area contributed by atoms with Gasteiger partial charge in [0.05, 0.1) is 5.02 Å². The Morgan fingerprint density at radius 2 is 2.00 bits per heavy atom. The molecule has 1 aromatic rings. The molecule has 1 aromatic carbocycles. The second kappa shape index (κ2) is 4.39. The Hall–Kier alpha value is -0.440. The zero-order valence-electron chi connectivity index (χ0n) is 8.18. The lowest BCUT2D eigenvalue weighted by Gasteiger charge is -2.25. The smallest absolute Gasteiger partial charge is 0.140 e. The quantitative estimate of drug-likeness (QED) is 0.871. The molecule has 1 rings (SSSR count). The normalized spacial score (nSPS) is 11.5. The minimum atomic E-state index is -0.436. The molecule has 0 amide bonds. The predicted octanol–water partition coefficient (Wildman–Crippen LogP) is 3.11. The summed E-state index contributed by atoms with van der Waals surface area (Å²) in [6.45, 7) is 4.20. The van der Waals surface area contributed by atoms with E-state index in [4.69, 9.17) is 33.7 Å². The van der Waals surface area contributed by atoms with Crippen LogP contribution in [0.4, 0.5) is 0 Å². The molecule has 0 heterocycles. The van der Waals surface area contributed by atoms with Crippen molar-refractivity contribution in [1.82, 2.24) is 0 Å². The van der Waals surface area contributed by atoms with Gasteiger partial charge in [-0.15, -0.1) is 0 Å². The first-order valence-corrected chi connectivity index (χ1v) is 5.04. The summed E-state index contributed by atoms with van der Waals surface area (Å²) < 4.78 is 5.62. The van der Waals surface area contributed by atoms with E-state index >= 15 is 0 Å². The van der Waals surface area contributed by atoms with Crippen molar-refractivity contribution in [1.29, 1.82) is 0 Å². The summed E-state index contributed by atoms with van der Waals surface area (Å²) in [4.78, 5) is 0. The highest BCUT2D eigenvalue weighted by Gasteiger charge is 2.18. The Morgan fingerprint density at radius 3 is 2.57 bits per heavy atom. The average Bonchev–Trinajstić information content (AvgIpc) is 2.11. The molecule has 0 aliphatic carbocycles. The third-order valence-corrected chi connectivity index (χ3v) is 2.32. The van der Waals surface area contributed by atoms with E-state index in [-0.39, 0.29) is 0 Å². The number of benzene rings is 1. The number of hydrogen-bond acceptors (Lipinski definition) is 2. The Morgan fingerprint density at radius 1 is 1.36 bits per heavy atom. The predicted molar refractivity (Wildman–Crippen MR) is 60.2 cm³/mol. The van der Waals surface area contributed by atoms with E-state index in [1.807, 2.05) is 13.8 Å². The molecule has 0 radical (unpaired) electrons. The monoisotopic (exact) mass is 233 g/mol. The van der Waals surface area contributed by atoms with Crippen LogP contribution in [0, 0.1) is 0 Å². The molecule has 78 valence electrons. The standard InChI is InChI=1S/C10H13Cl2NO/c1-10(2,6-13)14-9-5-7(11)3-4-8(9)12/h3-5H,6,13H2,1-2H3. The van der Waals surface area contributed by atoms with Crippen molar-refractivity contribution in [3.8, 4) is 5.75 Å². The van der Waals surface area contributed by atoms with Gasteiger partial charge in [0.25, 0.3) is 0 Å². The molecule has 14 heavy (non-hydrogen) atoms. The van der Waals surface area contributed by atoms with Crippen LogP contribution in [0.25, 0.3) is 0 Å². The molecule has 2 nitrogen and oxygen atoms in total. The number of halogens is 2. The third-order valence-electron chi connectivity index (χ3n) is 1.77. The fourth-order valence-corrected chi connectivity index (χ4v) is 1.21. The lowest BCUT2D eigenvalue weighted by molar-refractivity contribution is 0.119. The van der Waals surface area contributed by atoms with Crippen molar-refractivity contribution in [3.63, 3.8) is 0 Å². The molecule has 0 unspecified atom stereocenters. The zero-order valence-corrected chi connectivity index (χ0v) is 9.69. The van der Waals surface area contributed by atoms with Crippen LogP contribution in [0.15, 0.2) is 18.2 Å². The summed E-state index contributed by atoms with van der Waals surface area (Å²) in [5.74, 6) is 0.564. The van der Waals surface area contributed by atoms with Crippen molar-refractivity contribution in [2.75, 3.05) is 6.54 Å². The van der Waals surface area contributed by atoms with Crippen LogP contribution in [-0.2, 0) is 0 Å². The van der Waals surface area contributed by atoms with Gasteiger partial charge in [-0.05, 0) is 26.0 Å². The molecule has 0 saturated carbocycles. The van der Waals surface area contributed by atoms with E-state index in [2.05, 4.69) is 0 Å². The maximum absolute atomic E-state index is 5.93. The summed E-state index contributed by atoms with van der Waals surface area (Å²) in [5, 5.41) is 1.13. The summed E-state index contributed by atoms with van der Waals surface area (Å²) in [6, 6.07) is 5.10. The van der Waals surface area contributed by atoms with Gasteiger partial charge in [0.2, 0.25) is 0 Å². The molecule has 0 aliphatic heterocycles. The second-order valence-electron chi connectivity index (χ2n) is 3.64. The molecule has 0 bridgehead atoms. The lowest BCUT2D eigenvalue weighted by Crippen LogP contribution is -2.37. The third kappa shape index (κ3) is 3.05. The summed E-state index contributed by atoms with van der Waals surface area (Å²) in [5.41, 5.74) is 5.11. The van der Waals surface area contributed by atoms with E-state index in [0.29, 0.717) is 22.3 Å². The molecule has 0 spiro atoms. The maximum atomic E-state index is 5.93. The van der Waals surface area contributed by atoms with Gasteiger partial charge in [-0.25, -0.2) is 0 Å². The van der Waals surface area contributed by atoms with Gasteiger partial charge in [-0.1, -0.05) is 23.2 Å². The molecule has 0 fully saturated rings. The van der Waals surface area contributed by atoms with Gasteiger partial charge in [0, 0.05) is 17.6 Å². The van der Waals surface area contributed by atoms with Crippen molar-refractivity contribution < 1.29 is 4.74 Å². The molecular formula is C10H13Cl2NO. The van der Waals surface area contributed by atoms with Crippen LogP contribution >= 0.6 is 23.2 Å². The topological polar surface area (TPSA) is 35.2 Å². The van der Waals surface area contributed by atoms with Crippen LogP contribution < -0.4 is 10.5 Å². The van der Waals surface area contributed by atoms with Crippen LogP contribution in [0.3, 0.4) is 0 Å². The van der Waals surface area contributed by atoms with Gasteiger partial charge in [-0.3, -0.25) is 0 Å². The van der Waals surface area contributed by atoms with E-state index in [9.17, 15) is 0 Å². The van der Waals surface area contributed by atoms with Crippen molar-refractivity contribution in [2.24, 2.45) is 5.73 Å². The highest BCUT2D eigenvalue weighted by atomic mass is 35.5. The number of ether oxygens (including phenoxy) is 1. The highest BCUT2D eigenvalue weighted by molar-refractivity contribution is 6.34. The van der Waals surface area contributed by atoms with Gasteiger partial charge in [0.15, 0.2) is 0 Å². The highest BCUT2D eigenvalue weighted by Crippen LogP contribution is 2.30. The number of rotatable bonds is 3. The molecule has 0 aliphatic rings. The average molecular weight is 234 g/mol. The first-order valence-electron chi connectivity index (χ1n) is 4.29. The largest absolute Gasteiger partial charge is 0.485 e. The van der Waals surface area contributed by atoms with E-state index in [0.717, 1.165) is 0 Å². The Kier molecular flexibility index (Phi) is 3.65. The lowest BCUT2D eigenvalue weighted by atomic mass is 10.1. The van der Waals surface area contributed by atoms with Crippen LogP contribution in [0.5, 0.6) is 5.75 Å². The van der Waals surface area contributed by atoms with Crippen LogP contribution in [0.2, 0.25) is 10.0 Å². The van der Waals surface area contributed by atoms with Crippen LogP contribution in [0.1, 0.15) is 13.8 Å². The Labute approximate surface area is 94.0 Å². The first kappa shape index (κ1) is 11.6. The van der Waals surface area contributed by atoms with Gasteiger partial charge in [0.1, 0.15) is 11.4 Å². The van der Waals surface area contributed by atoms with E-state index in [1.54, 1.807) is 18.2 Å². The molecule has 0 aromatic heterocycles. The summed E-state index contributed by atoms with van der Waals surface area (Å²) in [6.07, 6.45) is 0. The minimum Gasteiger partial charge on any atom is -0.485 e. The SMILES string of the molecule is CC(C)(CN)Oc1cc(Cl)ccc1Cl. The van der Waals surface area contributed by atoms with Crippen molar-refractivity contribution in [2.45, 2.75) is 19.4 Å². The summed E-state index contributed by atoms with van der Waals surface area (Å²) >= 11 is 11.8. The van der Waals surface area contributed by atoms with Crippen molar-refractivity contribution in [3.05, 3.63) is 28.2 Å². The van der Waals surface area contributed by atoms with Gasteiger partial charge < -0.3 is 10.5 Å². The minimum absolute atomic E-state index is 0.413. The Balaban J connectivity index is 2.91. The van der Waals surface area contributed by atoms with E-state index in [1.165, 1.54) is 0 Å². The zero-order chi connectivity index (χ0) is 10.8. The van der Waals surface area contributed by atoms with Gasteiger partial charge in [-0.2, -0.15) is 0 Å². The first-order chi connectivity index (χ1) is 6.44. The van der Waals surface area contributed by atoms with Crippen molar-refractivity contribution >= 4 is 23.2 Å². The fraction of sp³-hybridized carbons (Fsp3) is 0.400. The molecule has 2 N–H and O–H groups in total.